The number of halogens is 1. The molecule has 0 aromatic heterocycles. The van der Waals surface area contributed by atoms with Gasteiger partial charge >= 0.3 is 5.97 Å². The molecule has 0 fully saturated rings. The largest absolute Gasteiger partial charge is 0.462 e. The smallest absolute Gasteiger partial charge is 0.338 e. The van der Waals surface area contributed by atoms with Gasteiger partial charge in [0.05, 0.1) is 12.2 Å². The van der Waals surface area contributed by atoms with Gasteiger partial charge in [-0.15, -0.1) is 0 Å². The fourth-order valence-electron chi connectivity index (χ4n) is 1.77. The maximum atomic E-state index is 11.6. The van der Waals surface area contributed by atoms with Crippen molar-refractivity contribution in [3.05, 3.63) is 28.2 Å². The summed E-state index contributed by atoms with van der Waals surface area (Å²) >= 11 is 3.48. The van der Waals surface area contributed by atoms with Gasteiger partial charge in [-0.2, -0.15) is 0 Å². The standard InChI is InChI=1S/C15H22BrNO2/c1-3-5-6-7-10-17-14-9-8-12(11-13(14)16)15(18)19-4-2/h8-9,11,17H,3-7,10H2,1-2H3. The van der Waals surface area contributed by atoms with Crippen molar-refractivity contribution in [2.45, 2.75) is 39.5 Å². The summed E-state index contributed by atoms with van der Waals surface area (Å²) in [4.78, 5) is 11.6. The Kier molecular flexibility index (Phi) is 7.56. The van der Waals surface area contributed by atoms with E-state index in [1.165, 1.54) is 25.7 Å². The summed E-state index contributed by atoms with van der Waals surface area (Å²) in [7, 11) is 0. The Balaban J connectivity index is 2.50. The summed E-state index contributed by atoms with van der Waals surface area (Å²) < 4.78 is 5.86. The molecule has 4 heteroatoms. The van der Waals surface area contributed by atoms with Gasteiger partial charge in [0.15, 0.2) is 0 Å². The molecule has 19 heavy (non-hydrogen) atoms. The lowest BCUT2D eigenvalue weighted by atomic mass is 10.2. The highest BCUT2D eigenvalue weighted by Crippen LogP contribution is 2.24. The van der Waals surface area contributed by atoms with Gasteiger partial charge in [-0.1, -0.05) is 26.2 Å². The monoisotopic (exact) mass is 327 g/mol. The number of unbranched alkanes of at least 4 members (excludes halogenated alkanes) is 3. The van der Waals surface area contributed by atoms with Gasteiger partial charge in [0, 0.05) is 16.7 Å². The summed E-state index contributed by atoms with van der Waals surface area (Å²) in [5.74, 6) is -0.280. The molecule has 0 radical (unpaired) electrons. The van der Waals surface area contributed by atoms with Gasteiger partial charge in [-0.25, -0.2) is 4.79 Å². The lowest BCUT2D eigenvalue weighted by molar-refractivity contribution is 0.0526. The van der Waals surface area contributed by atoms with E-state index in [4.69, 9.17) is 4.74 Å². The number of ether oxygens (including phenoxy) is 1. The lowest BCUT2D eigenvalue weighted by Gasteiger charge is -2.10. The van der Waals surface area contributed by atoms with Gasteiger partial charge < -0.3 is 10.1 Å². The Morgan fingerprint density at radius 3 is 2.68 bits per heavy atom. The third-order valence-electron chi connectivity index (χ3n) is 2.83. The van der Waals surface area contributed by atoms with Crippen LogP contribution in [-0.4, -0.2) is 19.1 Å². The summed E-state index contributed by atoms with van der Waals surface area (Å²) in [6, 6.07) is 5.50. The minimum atomic E-state index is -0.280. The van der Waals surface area contributed by atoms with Gasteiger partial charge in [-0.3, -0.25) is 0 Å². The number of nitrogens with one attached hydrogen (secondary N) is 1. The topological polar surface area (TPSA) is 38.3 Å². The minimum Gasteiger partial charge on any atom is -0.462 e. The number of carbonyl (C=O) groups excluding carboxylic acids is 1. The van der Waals surface area contributed by atoms with Crippen LogP contribution in [0.15, 0.2) is 22.7 Å². The first-order chi connectivity index (χ1) is 9.19. The Hall–Kier alpha value is -1.03. The molecule has 3 nitrogen and oxygen atoms in total. The molecule has 0 atom stereocenters. The lowest BCUT2D eigenvalue weighted by Crippen LogP contribution is -2.06. The zero-order valence-electron chi connectivity index (χ0n) is 11.7. The van der Waals surface area contributed by atoms with Crippen molar-refractivity contribution >= 4 is 27.6 Å². The molecule has 1 rings (SSSR count). The van der Waals surface area contributed by atoms with Crippen molar-refractivity contribution in [3.63, 3.8) is 0 Å². The Bertz CT molecular complexity index is 407. The van der Waals surface area contributed by atoms with E-state index in [0.717, 1.165) is 16.7 Å². The Labute approximate surface area is 123 Å². The summed E-state index contributed by atoms with van der Waals surface area (Å²) in [6.45, 7) is 5.36. The molecular formula is C15H22BrNO2. The number of hydrogen-bond donors (Lipinski definition) is 1. The van der Waals surface area contributed by atoms with Crippen LogP contribution in [0.1, 0.15) is 49.9 Å². The average molecular weight is 328 g/mol. The van der Waals surface area contributed by atoms with Crippen LogP contribution in [-0.2, 0) is 4.74 Å². The Morgan fingerprint density at radius 2 is 2.05 bits per heavy atom. The molecular weight excluding hydrogens is 306 g/mol. The number of rotatable bonds is 8. The van der Waals surface area contributed by atoms with Crippen molar-refractivity contribution in [2.75, 3.05) is 18.5 Å². The maximum absolute atomic E-state index is 11.6. The van der Waals surface area contributed by atoms with Gasteiger partial charge in [-0.05, 0) is 47.5 Å². The summed E-state index contributed by atoms with van der Waals surface area (Å²) in [5.41, 5.74) is 1.59. The molecule has 0 heterocycles. The highest BCUT2D eigenvalue weighted by molar-refractivity contribution is 9.10. The highest BCUT2D eigenvalue weighted by atomic mass is 79.9. The highest BCUT2D eigenvalue weighted by Gasteiger charge is 2.08. The molecule has 1 N–H and O–H groups in total. The first-order valence-electron chi connectivity index (χ1n) is 6.89. The maximum Gasteiger partial charge on any atom is 0.338 e. The van der Waals surface area contributed by atoms with E-state index in [2.05, 4.69) is 28.2 Å². The quantitative estimate of drug-likeness (QED) is 0.559. The fraction of sp³-hybridized carbons (Fsp3) is 0.533. The second kappa shape index (κ2) is 8.97. The number of carbonyl (C=O) groups is 1. The first kappa shape index (κ1) is 16.0. The molecule has 0 saturated carbocycles. The van der Waals surface area contributed by atoms with Crippen molar-refractivity contribution in [2.24, 2.45) is 0 Å². The molecule has 0 aliphatic heterocycles. The van der Waals surface area contributed by atoms with E-state index < -0.39 is 0 Å². The predicted octanol–water partition coefficient (Wildman–Crippen LogP) is 4.62. The van der Waals surface area contributed by atoms with Crippen LogP contribution in [0.5, 0.6) is 0 Å². The molecule has 0 aliphatic carbocycles. The molecule has 1 aromatic rings. The normalized spacial score (nSPS) is 10.3. The molecule has 0 bridgehead atoms. The number of hydrogen-bond acceptors (Lipinski definition) is 3. The van der Waals surface area contributed by atoms with Crippen LogP contribution in [0.4, 0.5) is 5.69 Å². The molecule has 0 saturated heterocycles. The van der Waals surface area contributed by atoms with Crippen LogP contribution in [0.25, 0.3) is 0 Å². The third-order valence-corrected chi connectivity index (χ3v) is 3.48. The number of anilines is 1. The Morgan fingerprint density at radius 1 is 1.26 bits per heavy atom. The van der Waals surface area contributed by atoms with Crippen molar-refractivity contribution in [3.8, 4) is 0 Å². The van der Waals surface area contributed by atoms with Gasteiger partial charge in [0.2, 0.25) is 0 Å². The number of benzene rings is 1. The zero-order valence-corrected chi connectivity index (χ0v) is 13.3. The first-order valence-corrected chi connectivity index (χ1v) is 7.68. The van der Waals surface area contributed by atoms with Crippen molar-refractivity contribution in [1.29, 1.82) is 0 Å². The number of esters is 1. The van der Waals surface area contributed by atoms with Crippen LogP contribution >= 0.6 is 15.9 Å². The van der Waals surface area contributed by atoms with E-state index in [-0.39, 0.29) is 5.97 Å². The van der Waals surface area contributed by atoms with Crippen LogP contribution < -0.4 is 5.32 Å². The zero-order chi connectivity index (χ0) is 14.1. The third kappa shape index (κ3) is 5.64. The second-order valence-corrected chi connectivity index (χ2v) is 5.26. The van der Waals surface area contributed by atoms with Crippen molar-refractivity contribution in [1.82, 2.24) is 0 Å². The molecule has 0 aliphatic rings. The van der Waals surface area contributed by atoms with E-state index >= 15 is 0 Å². The summed E-state index contributed by atoms with van der Waals surface area (Å²) in [5, 5.41) is 3.37. The predicted molar refractivity (Wildman–Crippen MR) is 82.7 cm³/mol. The van der Waals surface area contributed by atoms with Gasteiger partial charge in [0.1, 0.15) is 0 Å². The molecule has 106 valence electrons. The molecule has 0 amide bonds. The van der Waals surface area contributed by atoms with E-state index in [9.17, 15) is 4.79 Å². The fourth-order valence-corrected chi connectivity index (χ4v) is 2.29. The molecule has 1 aromatic carbocycles. The molecule has 0 unspecified atom stereocenters. The van der Waals surface area contributed by atoms with Crippen LogP contribution in [0.3, 0.4) is 0 Å². The summed E-state index contributed by atoms with van der Waals surface area (Å²) in [6.07, 6.45) is 4.95. The van der Waals surface area contributed by atoms with Crippen LogP contribution in [0, 0.1) is 0 Å². The van der Waals surface area contributed by atoms with E-state index in [0.29, 0.717) is 12.2 Å². The minimum absolute atomic E-state index is 0.280. The molecule has 0 spiro atoms. The van der Waals surface area contributed by atoms with Crippen molar-refractivity contribution < 1.29 is 9.53 Å². The average Bonchev–Trinajstić information content (AvgIpc) is 2.40. The second-order valence-electron chi connectivity index (χ2n) is 4.40. The SMILES string of the molecule is CCCCCCNc1ccc(C(=O)OCC)cc1Br. The van der Waals surface area contributed by atoms with E-state index in [1.54, 1.807) is 19.1 Å². The van der Waals surface area contributed by atoms with Crippen LogP contribution in [0.2, 0.25) is 0 Å². The van der Waals surface area contributed by atoms with Gasteiger partial charge in [0.25, 0.3) is 0 Å². The van der Waals surface area contributed by atoms with E-state index in [1.807, 2.05) is 6.07 Å².